The number of hydrogen-bond acceptors (Lipinski definition) is 4. The molecule has 1 aliphatic rings. The second-order valence-electron chi connectivity index (χ2n) is 5.21. The first-order valence-corrected chi connectivity index (χ1v) is 6.77. The monoisotopic (exact) mass is 252 g/mol. The van der Waals surface area contributed by atoms with E-state index < -0.39 is 0 Å². The van der Waals surface area contributed by atoms with Gasteiger partial charge in [0.1, 0.15) is 11.5 Å². The lowest BCUT2D eigenvalue weighted by atomic mass is 10.1. The summed E-state index contributed by atoms with van der Waals surface area (Å²) in [7, 11) is 2.11. The van der Waals surface area contributed by atoms with Gasteiger partial charge in [-0.15, -0.1) is 0 Å². The van der Waals surface area contributed by atoms with Crippen LogP contribution < -0.4 is 5.73 Å². The first kappa shape index (κ1) is 13.6. The van der Waals surface area contributed by atoms with E-state index in [4.69, 9.17) is 14.9 Å². The average Bonchev–Trinajstić information content (AvgIpc) is 2.70. The molecule has 1 aliphatic heterocycles. The van der Waals surface area contributed by atoms with E-state index in [1.165, 1.54) is 19.3 Å². The molecule has 1 fully saturated rings. The molecule has 2 N–H and O–H groups in total. The van der Waals surface area contributed by atoms with Gasteiger partial charge in [-0.3, -0.25) is 4.90 Å². The SMILES string of the molecule is Cc1cc(CN(C)CC2CCCCO2)oc1CN. The Morgan fingerprint density at radius 1 is 1.44 bits per heavy atom. The number of hydrogen-bond donors (Lipinski definition) is 1. The average molecular weight is 252 g/mol. The third-order valence-electron chi connectivity index (χ3n) is 3.47. The van der Waals surface area contributed by atoms with Gasteiger partial charge in [-0.2, -0.15) is 0 Å². The van der Waals surface area contributed by atoms with Gasteiger partial charge < -0.3 is 14.9 Å². The van der Waals surface area contributed by atoms with E-state index in [2.05, 4.69) is 18.0 Å². The summed E-state index contributed by atoms with van der Waals surface area (Å²) in [5.74, 6) is 1.89. The minimum absolute atomic E-state index is 0.383. The van der Waals surface area contributed by atoms with Gasteiger partial charge in [0.25, 0.3) is 0 Å². The molecule has 0 amide bonds. The molecule has 4 heteroatoms. The van der Waals surface area contributed by atoms with Crippen molar-refractivity contribution >= 4 is 0 Å². The number of furan rings is 1. The molecule has 0 aromatic carbocycles. The molecule has 1 saturated heterocycles. The zero-order chi connectivity index (χ0) is 13.0. The quantitative estimate of drug-likeness (QED) is 0.871. The van der Waals surface area contributed by atoms with Crippen LogP contribution in [-0.2, 0) is 17.8 Å². The molecule has 1 atom stereocenters. The van der Waals surface area contributed by atoms with Crippen molar-refractivity contribution in [1.82, 2.24) is 4.90 Å². The minimum atomic E-state index is 0.383. The molecule has 0 radical (unpaired) electrons. The van der Waals surface area contributed by atoms with Gasteiger partial charge >= 0.3 is 0 Å². The predicted molar refractivity (Wildman–Crippen MR) is 71.3 cm³/mol. The van der Waals surface area contributed by atoms with E-state index in [0.29, 0.717) is 12.6 Å². The smallest absolute Gasteiger partial charge is 0.120 e. The van der Waals surface area contributed by atoms with Crippen LogP contribution in [0, 0.1) is 6.92 Å². The van der Waals surface area contributed by atoms with E-state index in [1.807, 2.05) is 6.92 Å². The molecule has 0 spiro atoms. The molecule has 0 aliphatic carbocycles. The van der Waals surface area contributed by atoms with Crippen molar-refractivity contribution in [2.24, 2.45) is 5.73 Å². The number of likely N-dealkylation sites (N-methyl/N-ethyl adjacent to an activating group) is 1. The van der Waals surface area contributed by atoms with Crippen LogP contribution in [0.25, 0.3) is 0 Å². The first-order chi connectivity index (χ1) is 8.69. The zero-order valence-corrected chi connectivity index (χ0v) is 11.4. The topological polar surface area (TPSA) is 51.6 Å². The Morgan fingerprint density at radius 3 is 2.89 bits per heavy atom. The summed E-state index contributed by atoms with van der Waals surface area (Å²) in [6, 6.07) is 2.08. The van der Waals surface area contributed by atoms with Gasteiger partial charge in [0.15, 0.2) is 0 Å². The Kier molecular flexibility index (Phi) is 4.80. The van der Waals surface area contributed by atoms with Crippen LogP contribution in [0.2, 0.25) is 0 Å². The fourth-order valence-electron chi connectivity index (χ4n) is 2.50. The number of nitrogens with zero attached hydrogens (tertiary/aromatic N) is 1. The highest BCUT2D eigenvalue weighted by molar-refractivity contribution is 5.19. The van der Waals surface area contributed by atoms with Crippen molar-refractivity contribution in [3.05, 3.63) is 23.2 Å². The second kappa shape index (κ2) is 6.36. The highest BCUT2D eigenvalue weighted by Gasteiger charge is 2.17. The van der Waals surface area contributed by atoms with Gasteiger partial charge in [0, 0.05) is 13.2 Å². The Balaban J connectivity index is 1.83. The van der Waals surface area contributed by atoms with E-state index in [0.717, 1.165) is 36.8 Å². The minimum Gasteiger partial charge on any atom is -0.463 e. The van der Waals surface area contributed by atoms with E-state index in [-0.39, 0.29) is 0 Å². The number of ether oxygens (including phenoxy) is 1. The summed E-state index contributed by atoms with van der Waals surface area (Å²) in [4.78, 5) is 2.26. The van der Waals surface area contributed by atoms with Crippen molar-refractivity contribution < 1.29 is 9.15 Å². The lowest BCUT2D eigenvalue weighted by Gasteiger charge is -2.26. The third-order valence-corrected chi connectivity index (χ3v) is 3.47. The summed E-state index contributed by atoms with van der Waals surface area (Å²) < 4.78 is 11.5. The molecule has 2 rings (SSSR count). The normalized spacial score (nSPS) is 20.6. The maximum Gasteiger partial charge on any atom is 0.120 e. The van der Waals surface area contributed by atoms with Crippen LogP contribution in [-0.4, -0.2) is 31.2 Å². The standard InChI is InChI=1S/C14H24N2O2/c1-11-7-13(18-14(11)8-15)10-16(2)9-12-5-3-4-6-17-12/h7,12H,3-6,8-10,15H2,1-2H3. The maximum absolute atomic E-state index is 5.74. The maximum atomic E-state index is 5.74. The zero-order valence-electron chi connectivity index (χ0n) is 11.4. The number of rotatable bonds is 5. The number of nitrogens with two attached hydrogens (primary N) is 1. The van der Waals surface area contributed by atoms with Crippen LogP contribution in [0.5, 0.6) is 0 Å². The predicted octanol–water partition coefficient (Wildman–Crippen LogP) is 2.05. The van der Waals surface area contributed by atoms with Crippen molar-refractivity contribution in [2.75, 3.05) is 20.2 Å². The largest absolute Gasteiger partial charge is 0.463 e. The van der Waals surface area contributed by atoms with Crippen LogP contribution in [0.15, 0.2) is 10.5 Å². The molecular formula is C14H24N2O2. The van der Waals surface area contributed by atoms with Crippen molar-refractivity contribution in [2.45, 2.75) is 45.4 Å². The first-order valence-electron chi connectivity index (χ1n) is 6.77. The second-order valence-corrected chi connectivity index (χ2v) is 5.21. The lowest BCUT2D eigenvalue weighted by molar-refractivity contribution is -0.00341. The molecule has 1 aromatic rings. The Labute approximate surface area is 109 Å². The highest BCUT2D eigenvalue weighted by Crippen LogP contribution is 2.17. The van der Waals surface area contributed by atoms with Crippen molar-refractivity contribution in [3.63, 3.8) is 0 Å². The van der Waals surface area contributed by atoms with E-state index in [9.17, 15) is 0 Å². The summed E-state index contributed by atoms with van der Waals surface area (Å²) >= 11 is 0. The summed E-state index contributed by atoms with van der Waals surface area (Å²) in [6.07, 6.45) is 4.05. The molecule has 102 valence electrons. The van der Waals surface area contributed by atoms with Gasteiger partial charge in [0.2, 0.25) is 0 Å². The lowest BCUT2D eigenvalue weighted by Crippen LogP contribution is -2.32. The summed E-state index contributed by atoms with van der Waals surface area (Å²) in [6.45, 7) is 5.22. The molecule has 4 nitrogen and oxygen atoms in total. The Bertz CT molecular complexity index is 370. The Morgan fingerprint density at radius 2 is 2.28 bits per heavy atom. The fraction of sp³-hybridized carbons (Fsp3) is 0.714. The molecule has 0 bridgehead atoms. The van der Waals surface area contributed by atoms with Crippen LogP contribution in [0.4, 0.5) is 0 Å². The van der Waals surface area contributed by atoms with Crippen LogP contribution in [0.1, 0.15) is 36.3 Å². The van der Waals surface area contributed by atoms with Crippen molar-refractivity contribution in [3.8, 4) is 0 Å². The van der Waals surface area contributed by atoms with Gasteiger partial charge in [0.05, 0.1) is 19.2 Å². The number of aryl methyl sites for hydroxylation is 1. The van der Waals surface area contributed by atoms with E-state index >= 15 is 0 Å². The Hall–Kier alpha value is -0.840. The molecule has 1 unspecified atom stereocenters. The van der Waals surface area contributed by atoms with E-state index in [1.54, 1.807) is 0 Å². The molecule has 1 aromatic heterocycles. The molecule has 2 heterocycles. The molecule has 18 heavy (non-hydrogen) atoms. The summed E-state index contributed by atoms with van der Waals surface area (Å²) in [5, 5.41) is 0. The van der Waals surface area contributed by atoms with Gasteiger partial charge in [-0.1, -0.05) is 0 Å². The van der Waals surface area contributed by atoms with Crippen LogP contribution >= 0.6 is 0 Å². The third kappa shape index (κ3) is 3.57. The van der Waals surface area contributed by atoms with Gasteiger partial charge in [-0.05, 0) is 44.9 Å². The van der Waals surface area contributed by atoms with Crippen LogP contribution in [0.3, 0.4) is 0 Å². The summed E-state index contributed by atoms with van der Waals surface area (Å²) in [5.41, 5.74) is 6.76. The molecular weight excluding hydrogens is 228 g/mol. The molecule has 0 saturated carbocycles. The highest BCUT2D eigenvalue weighted by atomic mass is 16.5. The fourth-order valence-corrected chi connectivity index (χ4v) is 2.50. The van der Waals surface area contributed by atoms with Gasteiger partial charge in [-0.25, -0.2) is 0 Å². The van der Waals surface area contributed by atoms with Crippen molar-refractivity contribution in [1.29, 1.82) is 0 Å².